The van der Waals surface area contributed by atoms with Gasteiger partial charge in [-0.15, -0.1) is 0 Å². The molecule has 0 aromatic heterocycles. The largest absolute Gasteiger partial charge is 0.452 e. The lowest BCUT2D eigenvalue weighted by molar-refractivity contribution is -0.124. The molecule has 2 aromatic rings. The van der Waals surface area contributed by atoms with E-state index in [1.807, 2.05) is 6.07 Å². The van der Waals surface area contributed by atoms with Crippen LogP contribution in [0.3, 0.4) is 0 Å². The van der Waals surface area contributed by atoms with Gasteiger partial charge in [0.2, 0.25) is 5.91 Å². The van der Waals surface area contributed by atoms with Crippen molar-refractivity contribution in [2.75, 3.05) is 18.1 Å². The van der Waals surface area contributed by atoms with Gasteiger partial charge >= 0.3 is 5.97 Å². The fourth-order valence-corrected chi connectivity index (χ4v) is 3.08. The predicted octanol–water partition coefficient (Wildman–Crippen LogP) is 2.94. The maximum absolute atomic E-state index is 12.4. The molecule has 0 spiro atoms. The number of esters is 1. The molecule has 1 N–H and O–H groups in total. The Morgan fingerprint density at radius 2 is 1.85 bits per heavy atom. The number of carbonyl (C=O) groups excluding carboxylic acids is 3. The van der Waals surface area contributed by atoms with Gasteiger partial charge in [-0.1, -0.05) is 41.9 Å². The van der Waals surface area contributed by atoms with Gasteiger partial charge in [0.15, 0.2) is 6.61 Å². The molecule has 0 unspecified atom stereocenters. The summed E-state index contributed by atoms with van der Waals surface area (Å²) in [6, 6.07) is 13.9. The Hall–Kier alpha value is -2.86. The van der Waals surface area contributed by atoms with E-state index in [1.165, 1.54) is 0 Å². The van der Waals surface area contributed by atoms with Crippen molar-refractivity contribution in [2.45, 2.75) is 19.4 Å². The van der Waals surface area contributed by atoms with E-state index < -0.39 is 18.5 Å². The van der Waals surface area contributed by atoms with Crippen LogP contribution in [0.1, 0.15) is 28.8 Å². The van der Waals surface area contributed by atoms with Crippen LogP contribution in [0.15, 0.2) is 48.5 Å². The van der Waals surface area contributed by atoms with Crippen LogP contribution in [0.25, 0.3) is 0 Å². The van der Waals surface area contributed by atoms with Crippen molar-refractivity contribution in [2.24, 2.45) is 0 Å². The monoisotopic (exact) mass is 386 g/mol. The molecule has 7 heteroatoms. The van der Waals surface area contributed by atoms with Crippen molar-refractivity contribution in [3.05, 3.63) is 64.7 Å². The zero-order valence-corrected chi connectivity index (χ0v) is 15.4. The first-order valence-electron chi connectivity index (χ1n) is 8.63. The number of anilines is 1. The summed E-state index contributed by atoms with van der Waals surface area (Å²) < 4.78 is 5.12. The van der Waals surface area contributed by atoms with E-state index in [-0.39, 0.29) is 18.0 Å². The average molecular weight is 387 g/mol. The molecule has 0 radical (unpaired) electrons. The highest BCUT2D eigenvalue weighted by Crippen LogP contribution is 2.26. The fourth-order valence-electron chi connectivity index (χ4n) is 2.88. The summed E-state index contributed by atoms with van der Waals surface area (Å²) in [5, 5.41) is 3.21. The third-order valence-corrected chi connectivity index (χ3v) is 4.63. The molecule has 2 aromatic carbocycles. The van der Waals surface area contributed by atoms with Crippen molar-refractivity contribution in [1.82, 2.24) is 5.32 Å². The molecule has 1 heterocycles. The maximum Gasteiger partial charge on any atom is 0.340 e. The topological polar surface area (TPSA) is 75.7 Å². The summed E-state index contributed by atoms with van der Waals surface area (Å²) in [6.45, 7) is 0.405. The molecule has 1 aliphatic rings. The van der Waals surface area contributed by atoms with Crippen LogP contribution in [0.2, 0.25) is 5.02 Å². The smallest absolute Gasteiger partial charge is 0.340 e. The summed E-state index contributed by atoms with van der Waals surface area (Å²) in [5.74, 6) is -1.09. The number of rotatable bonds is 6. The third-order valence-electron chi connectivity index (χ3n) is 4.26. The van der Waals surface area contributed by atoms with Gasteiger partial charge in [0.05, 0.1) is 11.3 Å². The Balaban J connectivity index is 1.57. The Morgan fingerprint density at radius 1 is 1.11 bits per heavy atom. The third kappa shape index (κ3) is 4.65. The second-order valence-corrected chi connectivity index (χ2v) is 6.52. The first-order valence-corrected chi connectivity index (χ1v) is 9.00. The molecule has 0 saturated carbocycles. The molecule has 3 rings (SSSR count). The SMILES string of the molecule is O=C(COC(=O)c1ccccc1N1CCCC1=O)NCc1ccccc1Cl. The first kappa shape index (κ1) is 18.9. The zero-order chi connectivity index (χ0) is 19.2. The standard InChI is InChI=1S/C20H19ClN2O4/c21-16-8-3-1-6-14(16)12-22-18(24)13-27-20(26)15-7-2-4-9-17(15)23-11-5-10-19(23)25/h1-4,6-9H,5,10-13H2,(H,22,24). The molecule has 27 heavy (non-hydrogen) atoms. The average Bonchev–Trinajstić information content (AvgIpc) is 3.11. The molecule has 1 saturated heterocycles. The van der Waals surface area contributed by atoms with Crippen molar-refractivity contribution in [3.8, 4) is 0 Å². The minimum Gasteiger partial charge on any atom is -0.452 e. The van der Waals surface area contributed by atoms with Gasteiger partial charge in [-0.3, -0.25) is 9.59 Å². The predicted molar refractivity (Wildman–Crippen MR) is 102 cm³/mol. The lowest BCUT2D eigenvalue weighted by Gasteiger charge is -2.18. The molecule has 1 aliphatic heterocycles. The second-order valence-electron chi connectivity index (χ2n) is 6.11. The van der Waals surface area contributed by atoms with Gasteiger partial charge in [0.25, 0.3) is 5.91 Å². The second kappa shape index (κ2) is 8.68. The highest BCUT2D eigenvalue weighted by Gasteiger charge is 2.26. The van der Waals surface area contributed by atoms with Crippen LogP contribution in [-0.2, 0) is 20.9 Å². The van der Waals surface area contributed by atoms with Crippen molar-refractivity contribution in [3.63, 3.8) is 0 Å². The molecule has 2 amide bonds. The maximum atomic E-state index is 12.4. The highest BCUT2D eigenvalue weighted by molar-refractivity contribution is 6.31. The minimum atomic E-state index is -0.641. The number of hydrogen-bond donors (Lipinski definition) is 1. The van der Waals surface area contributed by atoms with Gasteiger partial charge in [0, 0.05) is 24.5 Å². The summed E-state index contributed by atoms with van der Waals surface area (Å²) in [4.78, 5) is 37.9. The number of halogens is 1. The van der Waals surface area contributed by atoms with Crippen LogP contribution in [0, 0.1) is 0 Å². The van der Waals surface area contributed by atoms with E-state index >= 15 is 0 Å². The summed E-state index contributed by atoms with van der Waals surface area (Å²) in [7, 11) is 0. The van der Waals surface area contributed by atoms with Gasteiger partial charge in [-0.2, -0.15) is 0 Å². The van der Waals surface area contributed by atoms with E-state index in [4.69, 9.17) is 16.3 Å². The Morgan fingerprint density at radius 3 is 2.59 bits per heavy atom. The number of benzene rings is 2. The normalized spacial score (nSPS) is 13.5. The van der Waals surface area contributed by atoms with E-state index in [9.17, 15) is 14.4 Å². The Kier molecular flexibility index (Phi) is 6.08. The molecule has 140 valence electrons. The molecule has 1 fully saturated rings. The zero-order valence-electron chi connectivity index (χ0n) is 14.6. The number of nitrogens with zero attached hydrogens (tertiary/aromatic N) is 1. The molecular weight excluding hydrogens is 368 g/mol. The number of carbonyl (C=O) groups is 3. The number of ether oxygens (including phenoxy) is 1. The number of amides is 2. The van der Waals surface area contributed by atoms with Crippen LogP contribution >= 0.6 is 11.6 Å². The van der Waals surface area contributed by atoms with Gasteiger partial charge < -0.3 is 15.0 Å². The Labute approximate surface area is 162 Å². The molecule has 0 atom stereocenters. The van der Waals surface area contributed by atoms with Crippen LogP contribution in [-0.4, -0.2) is 30.9 Å². The van der Waals surface area contributed by atoms with Crippen LogP contribution < -0.4 is 10.2 Å². The highest BCUT2D eigenvalue weighted by atomic mass is 35.5. The van der Waals surface area contributed by atoms with Crippen LogP contribution in [0.4, 0.5) is 5.69 Å². The van der Waals surface area contributed by atoms with Crippen molar-refractivity contribution in [1.29, 1.82) is 0 Å². The fraction of sp³-hybridized carbons (Fsp3) is 0.250. The van der Waals surface area contributed by atoms with Crippen LogP contribution in [0.5, 0.6) is 0 Å². The minimum absolute atomic E-state index is 0.0206. The van der Waals surface area contributed by atoms with Gasteiger partial charge in [-0.05, 0) is 30.2 Å². The lowest BCUT2D eigenvalue weighted by atomic mass is 10.1. The molecule has 0 bridgehead atoms. The Bertz CT molecular complexity index is 869. The molecule has 0 aliphatic carbocycles. The molecular formula is C20H19ClN2O4. The number of nitrogens with one attached hydrogen (secondary N) is 1. The quantitative estimate of drug-likeness (QED) is 0.774. The van der Waals surface area contributed by atoms with Gasteiger partial charge in [0.1, 0.15) is 0 Å². The van der Waals surface area contributed by atoms with Crippen molar-refractivity contribution >= 4 is 35.1 Å². The van der Waals surface area contributed by atoms with E-state index in [0.717, 1.165) is 12.0 Å². The van der Waals surface area contributed by atoms with E-state index in [2.05, 4.69) is 5.32 Å². The first-order chi connectivity index (χ1) is 13.1. The number of hydrogen-bond acceptors (Lipinski definition) is 4. The number of para-hydroxylation sites is 1. The lowest BCUT2D eigenvalue weighted by Crippen LogP contribution is -2.29. The van der Waals surface area contributed by atoms with E-state index in [1.54, 1.807) is 47.4 Å². The summed E-state index contributed by atoms with van der Waals surface area (Å²) >= 11 is 6.04. The van der Waals surface area contributed by atoms with Gasteiger partial charge in [-0.25, -0.2) is 4.79 Å². The summed E-state index contributed by atoms with van der Waals surface area (Å²) in [5.41, 5.74) is 1.56. The van der Waals surface area contributed by atoms with E-state index in [0.29, 0.717) is 23.7 Å². The molecule has 6 nitrogen and oxygen atoms in total. The van der Waals surface area contributed by atoms with Crippen molar-refractivity contribution < 1.29 is 19.1 Å². The summed E-state index contributed by atoms with van der Waals surface area (Å²) in [6.07, 6.45) is 1.22.